The van der Waals surface area contributed by atoms with Gasteiger partial charge < -0.3 is 9.64 Å². The molecule has 1 saturated heterocycles. The van der Waals surface area contributed by atoms with Crippen LogP contribution in [0.4, 0.5) is 0 Å². The number of hydrogen-bond donors (Lipinski definition) is 0. The van der Waals surface area contributed by atoms with E-state index in [1.54, 1.807) is 0 Å². The van der Waals surface area contributed by atoms with Crippen LogP contribution in [0.1, 0.15) is 53.4 Å². The van der Waals surface area contributed by atoms with Gasteiger partial charge in [0.15, 0.2) is 0 Å². The van der Waals surface area contributed by atoms with Crippen LogP contribution in [0, 0.1) is 5.92 Å². The molecule has 1 aliphatic heterocycles. The van der Waals surface area contributed by atoms with Crippen molar-refractivity contribution in [1.82, 2.24) is 4.90 Å². The first kappa shape index (κ1) is 14.5. The summed E-state index contributed by atoms with van der Waals surface area (Å²) < 4.78 is 5.55. The Balaban J connectivity index is 2.36. The van der Waals surface area contributed by atoms with Gasteiger partial charge in [0.1, 0.15) is 6.61 Å². The molecule has 3 heteroatoms. The Bertz CT molecular complexity index is 245. The molecule has 1 heterocycles. The van der Waals surface area contributed by atoms with E-state index in [-0.39, 0.29) is 18.1 Å². The second kappa shape index (κ2) is 6.39. The van der Waals surface area contributed by atoms with E-state index in [1.807, 2.05) is 25.7 Å². The van der Waals surface area contributed by atoms with Crippen molar-refractivity contribution >= 4 is 5.91 Å². The Morgan fingerprint density at radius 3 is 2.59 bits per heavy atom. The molecule has 0 spiro atoms. The number of nitrogens with zero attached hydrogens (tertiary/aromatic N) is 1. The van der Waals surface area contributed by atoms with Gasteiger partial charge in [-0.1, -0.05) is 13.3 Å². The Kier molecular flexibility index (Phi) is 5.44. The molecular weight excluding hydrogens is 214 g/mol. The standard InChI is InChI=1S/C14H27NO2/c1-5-12-7-6-9-15(10-8-12)13(16)11-17-14(2,3)4/h12H,5-11H2,1-4H3. The van der Waals surface area contributed by atoms with Crippen LogP contribution in [0.25, 0.3) is 0 Å². The summed E-state index contributed by atoms with van der Waals surface area (Å²) in [7, 11) is 0. The second-order valence-electron chi connectivity index (χ2n) is 5.99. The molecule has 1 amide bonds. The molecule has 0 aromatic carbocycles. The number of hydrogen-bond acceptors (Lipinski definition) is 2. The van der Waals surface area contributed by atoms with Crippen molar-refractivity contribution in [2.45, 2.75) is 59.0 Å². The average Bonchev–Trinajstić information content (AvgIpc) is 2.49. The Morgan fingerprint density at radius 1 is 1.29 bits per heavy atom. The van der Waals surface area contributed by atoms with Crippen molar-refractivity contribution in [2.75, 3.05) is 19.7 Å². The first-order valence-corrected chi connectivity index (χ1v) is 6.84. The molecule has 1 fully saturated rings. The molecule has 1 unspecified atom stereocenters. The summed E-state index contributed by atoms with van der Waals surface area (Å²) in [5.74, 6) is 0.952. The highest BCUT2D eigenvalue weighted by Crippen LogP contribution is 2.20. The minimum atomic E-state index is -0.229. The molecular formula is C14H27NO2. The maximum absolute atomic E-state index is 12.0. The fourth-order valence-corrected chi connectivity index (χ4v) is 2.19. The van der Waals surface area contributed by atoms with Gasteiger partial charge in [0.2, 0.25) is 5.91 Å². The molecule has 3 nitrogen and oxygen atoms in total. The summed E-state index contributed by atoms with van der Waals surface area (Å²) in [6.07, 6.45) is 4.79. The number of carbonyl (C=O) groups excluding carboxylic acids is 1. The number of carbonyl (C=O) groups is 1. The van der Waals surface area contributed by atoms with Gasteiger partial charge in [-0.3, -0.25) is 4.79 Å². The number of amides is 1. The van der Waals surface area contributed by atoms with Gasteiger partial charge in [-0.15, -0.1) is 0 Å². The monoisotopic (exact) mass is 241 g/mol. The summed E-state index contributed by atoms with van der Waals surface area (Å²) >= 11 is 0. The first-order chi connectivity index (χ1) is 7.92. The summed E-state index contributed by atoms with van der Waals surface area (Å²) in [5, 5.41) is 0. The molecule has 0 radical (unpaired) electrons. The van der Waals surface area contributed by atoms with Crippen LogP contribution < -0.4 is 0 Å². The lowest BCUT2D eigenvalue weighted by atomic mass is 9.98. The Labute approximate surface area is 106 Å². The van der Waals surface area contributed by atoms with Gasteiger partial charge in [0.25, 0.3) is 0 Å². The normalized spacial score (nSPS) is 22.4. The van der Waals surface area contributed by atoms with Crippen LogP contribution in [0.3, 0.4) is 0 Å². The van der Waals surface area contributed by atoms with E-state index in [0.29, 0.717) is 0 Å². The third-order valence-electron chi connectivity index (χ3n) is 3.41. The predicted molar refractivity (Wildman–Crippen MR) is 69.9 cm³/mol. The topological polar surface area (TPSA) is 29.5 Å². The molecule has 100 valence electrons. The Hall–Kier alpha value is -0.570. The second-order valence-corrected chi connectivity index (χ2v) is 5.99. The molecule has 0 aromatic heterocycles. The predicted octanol–water partition coefficient (Wildman–Crippen LogP) is 2.84. The van der Waals surface area contributed by atoms with Crippen molar-refractivity contribution in [3.63, 3.8) is 0 Å². The van der Waals surface area contributed by atoms with E-state index in [9.17, 15) is 4.79 Å². The van der Waals surface area contributed by atoms with Crippen LogP contribution >= 0.6 is 0 Å². The van der Waals surface area contributed by atoms with Gasteiger partial charge in [-0.25, -0.2) is 0 Å². The van der Waals surface area contributed by atoms with Gasteiger partial charge >= 0.3 is 0 Å². The minimum Gasteiger partial charge on any atom is -0.366 e. The van der Waals surface area contributed by atoms with Crippen molar-refractivity contribution in [2.24, 2.45) is 5.92 Å². The largest absolute Gasteiger partial charge is 0.366 e. The molecule has 0 bridgehead atoms. The molecule has 0 saturated carbocycles. The molecule has 0 aromatic rings. The average molecular weight is 241 g/mol. The van der Waals surface area contributed by atoms with E-state index >= 15 is 0 Å². The zero-order chi connectivity index (χ0) is 12.9. The Morgan fingerprint density at radius 2 is 2.00 bits per heavy atom. The highest BCUT2D eigenvalue weighted by Gasteiger charge is 2.21. The molecule has 0 aliphatic carbocycles. The van der Waals surface area contributed by atoms with E-state index in [1.165, 1.54) is 12.8 Å². The maximum Gasteiger partial charge on any atom is 0.248 e. The van der Waals surface area contributed by atoms with Crippen molar-refractivity contribution in [1.29, 1.82) is 0 Å². The fraction of sp³-hybridized carbons (Fsp3) is 0.929. The quantitative estimate of drug-likeness (QED) is 0.760. The third kappa shape index (κ3) is 5.53. The first-order valence-electron chi connectivity index (χ1n) is 6.84. The lowest BCUT2D eigenvalue weighted by Gasteiger charge is -2.24. The highest BCUT2D eigenvalue weighted by molar-refractivity contribution is 5.77. The summed E-state index contributed by atoms with van der Waals surface area (Å²) in [4.78, 5) is 14.0. The van der Waals surface area contributed by atoms with Crippen molar-refractivity contribution in [3.05, 3.63) is 0 Å². The highest BCUT2D eigenvalue weighted by atomic mass is 16.5. The van der Waals surface area contributed by atoms with Crippen LogP contribution in [0.2, 0.25) is 0 Å². The molecule has 17 heavy (non-hydrogen) atoms. The SMILES string of the molecule is CCC1CCCN(C(=O)COC(C)(C)C)CC1. The van der Waals surface area contributed by atoms with E-state index < -0.39 is 0 Å². The lowest BCUT2D eigenvalue weighted by Crippen LogP contribution is -2.37. The van der Waals surface area contributed by atoms with Crippen LogP contribution in [0.15, 0.2) is 0 Å². The summed E-state index contributed by atoms with van der Waals surface area (Å²) in [6, 6.07) is 0. The fourth-order valence-electron chi connectivity index (χ4n) is 2.19. The number of rotatable bonds is 3. The summed E-state index contributed by atoms with van der Waals surface area (Å²) in [6.45, 7) is 10.2. The van der Waals surface area contributed by atoms with E-state index in [4.69, 9.17) is 4.74 Å². The van der Waals surface area contributed by atoms with Gasteiger partial charge in [0, 0.05) is 13.1 Å². The van der Waals surface area contributed by atoms with Gasteiger partial charge in [-0.05, 0) is 46.0 Å². The summed E-state index contributed by atoms with van der Waals surface area (Å²) in [5.41, 5.74) is -0.229. The minimum absolute atomic E-state index is 0.150. The van der Waals surface area contributed by atoms with Crippen molar-refractivity contribution in [3.8, 4) is 0 Å². The number of likely N-dealkylation sites (tertiary alicyclic amines) is 1. The van der Waals surface area contributed by atoms with Crippen molar-refractivity contribution < 1.29 is 9.53 Å². The zero-order valence-corrected chi connectivity index (χ0v) is 11.8. The lowest BCUT2D eigenvalue weighted by molar-refractivity contribution is -0.141. The maximum atomic E-state index is 12.0. The molecule has 1 aliphatic rings. The number of ether oxygens (including phenoxy) is 1. The van der Waals surface area contributed by atoms with Gasteiger partial charge in [0.05, 0.1) is 5.60 Å². The van der Waals surface area contributed by atoms with E-state index in [0.717, 1.165) is 31.8 Å². The van der Waals surface area contributed by atoms with Crippen LogP contribution in [0.5, 0.6) is 0 Å². The molecule has 1 atom stereocenters. The third-order valence-corrected chi connectivity index (χ3v) is 3.41. The van der Waals surface area contributed by atoms with Crippen LogP contribution in [-0.2, 0) is 9.53 Å². The van der Waals surface area contributed by atoms with Crippen LogP contribution in [-0.4, -0.2) is 36.1 Å². The zero-order valence-electron chi connectivity index (χ0n) is 11.8. The van der Waals surface area contributed by atoms with Gasteiger partial charge in [-0.2, -0.15) is 0 Å². The smallest absolute Gasteiger partial charge is 0.248 e. The molecule has 0 N–H and O–H groups in total. The van der Waals surface area contributed by atoms with E-state index in [2.05, 4.69) is 6.92 Å². The molecule has 1 rings (SSSR count).